The molecule has 0 bridgehead atoms. The number of hydrogen-bond acceptors (Lipinski definition) is 6. The Morgan fingerprint density at radius 1 is 1.44 bits per heavy atom. The number of aliphatic hydroxyl groups excluding tert-OH is 2. The van der Waals surface area contributed by atoms with Crippen LogP contribution in [0.25, 0.3) is 11.0 Å². The molecule has 0 unspecified atom stereocenters. The molecule has 2 aromatic heterocycles. The molecule has 142 valence electrons. The van der Waals surface area contributed by atoms with Gasteiger partial charge in [0.2, 0.25) is 6.29 Å². The molecule has 27 heavy (non-hydrogen) atoms. The lowest BCUT2D eigenvalue weighted by molar-refractivity contribution is -0.154. The third-order valence-electron chi connectivity index (χ3n) is 3.80. The summed E-state index contributed by atoms with van der Waals surface area (Å²) in [7, 11) is 1.68. The minimum atomic E-state index is -1.56. The molecule has 0 aliphatic carbocycles. The number of halogens is 2. The van der Waals surface area contributed by atoms with Gasteiger partial charge in [-0.15, -0.1) is 0 Å². The van der Waals surface area contributed by atoms with Crippen LogP contribution in [-0.2, 0) is 11.9 Å². The van der Waals surface area contributed by atoms with Crippen LogP contribution in [0.2, 0.25) is 0 Å². The molecule has 1 aromatic carbocycles. The minimum absolute atomic E-state index is 0.156. The summed E-state index contributed by atoms with van der Waals surface area (Å²) in [6, 6.07) is 8.01. The van der Waals surface area contributed by atoms with Crippen molar-refractivity contribution >= 4 is 51.0 Å². The van der Waals surface area contributed by atoms with E-state index in [1.54, 1.807) is 42.1 Å². The van der Waals surface area contributed by atoms with Gasteiger partial charge in [-0.1, -0.05) is 0 Å². The first-order valence-electron chi connectivity index (χ1n) is 7.82. The van der Waals surface area contributed by atoms with Gasteiger partial charge in [-0.3, -0.25) is 4.79 Å². The molecule has 0 saturated carbocycles. The van der Waals surface area contributed by atoms with Gasteiger partial charge in [-0.05, 0) is 52.9 Å². The summed E-state index contributed by atoms with van der Waals surface area (Å²) < 4.78 is 16.6. The Morgan fingerprint density at radius 3 is 2.93 bits per heavy atom. The highest BCUT2D eigenvalue weighted by Crippen LogP contribution is 2.31. The van der Waals surface area contributed by atoms with Crippen molar-refractivity contribution in [3.05, 3.63) is 51.5 Å². The number of carbonyl (C=O) groups is 1. The summed E-state index contributed by atoms with van der Waals surface area (Å²) in [5, 5.41) is 21.5. The molecule has 2 heterocycles. The Kier molecular flexibility index (Phi) is 5.89. The Labute approximate surface area is 167 Å². The summed E-state index contributed by atoms with van der Waals surface area (Å²) in [6.45, 7) is -0.684. The van der Waals surface area contributed by atoms with Crippen LogP contribution in [0.15, 0.2) is 36.5 Å². The van der Waals surface area contributed by atoms with Gasteiger partial charge in [0.1, 0.15) is 17.3 Å². The van der Waals surface area contributed by atoms with Crippen LogP contribution in [0.4, 0.5) is 15.9 Å². The van der Waals surface area contributed by atoms with Crippen LogP contribution in [0.5, 0.6) is 0 Å². The first kappa shape index (κ1) is 19.5. The van der Waals surface area contributed by atoms with Crippen molar-refractivity contribution in [1.82, 2.24) is 15.0 Å². The molecule has 0 saturated heterocycles. The number of aryl methyl sites for hydroxylation is 1. The van der Waals surface area contributed by atoms with Gasteiger partial charge in [-0.25, -0.2) is 19.7 Å². The number of nitrogens with one attached hydrogen (secondary N) is 2. The molecule has 0 fully saturated rings. The highest BCUT2D eigenvalue weighted by molar-refractivity contribution is 14.1. The third kappa shape index (κ3) is 4.03. The molecule has 1 amide bonds. The van der Waals surface area contributed by atoms with E-state index in [0.717, 1.165) is 3.57 Å². The van der Waals surface area contributed by atoms with Crippen LogP contribution in [0.3, 0.4) is 0 Å². The number of hydroxylamine groups is 1. The molecule has 8 nitrogen and oxygen atoms in total. The maximum absolute atomic E-state index is 14.3. The molecule has 10 heteroatoms. The summed E-state index contributed by atoms with van der Waals surface area (Å²) in [4.78, 5) is 21.6. The van der Waals surface area contributed by atoms with Crippen molar-refractivity contribution in [3.63, 3.8) is 0 Å². The number of carbonyl (C=O) groups excluding carboxylic acids is 1. The lowest BCUT2D eigenvalue weighted by atomic mass is 10.2. The van der Waals surface area contributed by atoms with E-state index in [2.05, 4.69) is 20.6 Å². The fraction of sp³-hybridized carbons (Fsp3) is 0.176. The first-order chi connectivity index (χ1) is 12.9. The van der Waals surface area contributed by atoms with E-state index in [-0.39, 0.29) is 11.3 Å². The number of rotatable bonds is 6. The molecule has 3 rings (SSSR count). The molecular weight excluding hydrogens is 470 g/mol. The molecule has 0 aliphatic heterocycles. The van der Waals surface area contributed by atoms with Crippen LogP contribution in [0, 0.1) is 9.39 Å². The van der Waals surface area contributed by atoms with Gasteiger partial charge in [0, 0.05) is 22.2 Å². The second-order valence-electron chi connectivity index (χ2n) is 5.59. The SMILES string of the molecule is Cn1c(Nc2ccc(I)cc2F)c(C(=O)NO[C@H](O)CO)c2cccnc21. The molecule has 0 aliphatic rings. The average molecular weight is 486 g/mol. The molecule has 0 spiro atoms. The zero-order chi connectivity index (χ0) is 19.6. The van der Waals surface area contributed by atoms with Gasteiger partial charge >= 0.3 is 0 Å². The summed E-state index contributed by atoms with van der Waals surface area (Å²) in [6.07, 6.45) is 0.0118. The van der Waals surface area contributed by atoms with E-state index in [4.69, 9.17) is 5.11 Å². The number of amides is 1. The number of nitrogens with zero attached hydrogens (tertiary/aromatic N) is 2. The monoisotopic (exact) mass is 486 g/mol. The standard InChI is InChI=1S/C17H16FIN4O4/c1-23-15-10(3-2-6-20-15)14(17(26)22-27-13(25)8-24)16(23)21-12-5-4-9(19)7-11(12)18/h2-7,13,21,24-25H,8H2,1H3,(H,22,26)/t13-/m0/s1. The predicted octanol–water partition coefficient (Wildman–Crippen LogP) is 2.03. The molecular formula is C17H16FIN4O4. The lowest BCUT2D eigenvalue weighted by Crippen LogP contribution is -2.31. The van der Waals surface area contributed by atoms with E-state index in [9.17, 15) is 14.3 Å². The largest absolute Gasteiger partial charge is 0.391 e. The summed E-state index contributed by atoms with van der Waals surface area (Å²) in [5.41, 5.74) is 2.92. The average Bonchev–Trinajstić information content (AvgIpc) is 2.94. The number of hydrogen-bond donors (Lipinski definition) is 4. The Morgan fingerprint density at radius 2 is 2.22 bits per heavy atom. The number of anilines is 2. The van der Waals surface area contributed by atoms with E-state index in [0.29, 0.717) is 16.9 Å². The highest BCUT2D eigenvalue weighted by atomic mass is 127. The molecule has 3 aromatic rings. The van der Waals surface area contributed by atoms with Crippen LogP contribution < -0.4 is 10.8 Å². The van der Waals surface area contributed by atoms with Gasteiger partial charge in [0.15, 0.2) is 0 Å². The number of fused-ring (bicyclic) bond motifs is 1. The van der Waals surface area contributed by atoms with E-state index in [1.807, 2.05) is 22.6 Å². The number of aromatic nitrogens is 2. The van der Waals surface area contributed by atoms with E-state index < -0.39 is 24.6 Å². The number of pyridine rings is 1. The van der Waals surface area contributed by atoms with Gasteiger partial charge in [0.05, 0.1) is 17.9 Å². The third-order valence-corrected chi connectivity index (χ3v) is 4.47. The Hall–Kier alpha value is -2.28. The molecule has 0 radical (unpaired) electrons. The lowest BCUT2D eigenvalue weighted by Gasteiger charge is -2.13. The smallest absolute Gasteiger partial charge is 0.279 e. The van der Waals surface area contributed by atoms with Gasteiger partial charge in [0.25, 0.3) is 5.91 Å². The van der Waals surface area contributed by atoms with Gasteiger partial charge in [-0.2, -0.15) is 0 Å². The topological polar surface area (TPSA) is 109 Å². The van der Waals surface area contributed by atoms with Crippen LogP contribution in [-0.4, -0.2) is 38.6 Å². The van der Waals surface area contributed by atoms with Crippen molar-refractivity contribution < 1.29 is 24.2 Å². The zero-order valence-corrected chi connectivity index (χ0v) is 16.3. The predicted molar refractivity (Wildman–Crippen MR) is 105 cm³/mol. The quantitative estimate of drug-likeness (QED) is 0.241. The van der Waals surface area contributed by atoms with Crippen molar-refractivity contribution in [3.8, 4) is 0 Å². The normalized spacial score (nSPS) is 12.2. The molecule has 4 N–H and O–H groups in total. The first-order valence-corrected chi connectivity index (χ1v) is 8.90. The van der Waals surface area contributed by atoms with Crippen molar-refractivity contribution in [2.45, 2.75) is 6.29 Å². The van der Waals surface area contributed by atoms with Crippen molar-refractivity contribution in [2.24, 2.45) is 7.05 Å². The Balaban J connectivity index is 2.05. The fourth-order valence-electron chi connectivity index (χ4n) is 2.57. The minimum Gasteiger partial charge on any atom is -0.391 e. The summed E-state index contributed by atoms with van der Waals surface area (Å²) >= 11 is 2.00. The summed E-state index contributed by atoms with van der Waals surface area (Å²) in [5.74, 6) is -0.864. The zero-order valence-electron chi connectivity index (χ0n) is 14.1. The fourth-order valence-corrected chi connectivity index (χ4v) is 3.02. The van der Waals surface area contributed by atoms with E-state index >= 15 is 0 Å². The number of benzene rings is 1. The van der Waals surface area contributed by atoms with Crippen LogP contribution >= 0.6 is 22.6 Å². The van der Waals surface area contributed by atoms with Crippen LogP contribution in [0.1, 0.15) is 10.4 Å². The van der Waals surface area contributed by atoms with E-state index in [1.165, 1.54) is 6.07 Å². The van der Waals surface area contributed by atoms with Crippen molar-refractivity contribution in [2.75, 3.05) is 11.9 Å². The van der Waals surface area contributed by atoms with Crippen molar-refractivity contribution in [1.29, 1.82) is 0 Å². The second-order valence-corrected chi connectivity index (χ2v) is 6.84. The maximum atomic E-state index is 14.3. The number of aliphatic hydroxyl groups is 2. The molecule has 1 atom stereocenters. The second kappa shape index (κ2) is 8.17. The van der Waals surface area contributed by atoms with Gasteiger partial charge < -0.3 is 20.1 Å². The highest BCUT2D eigenvalue weighted by Gasteiger charge is 2.23. The Bertz CT molecular complexity index is 994. The maximum Gasteiger partial charge on any atom is 0.279 e.